The Morgan fingerprint density at radius 2 is 1.42 bits per heavy atom. The van der Waals surface area contributed by atoms with E-state index in [2.05, 4.69) is 10.2 Å². The average Bonchev–Trinajstić information content (AvgIpc) is 2.84. The number of benzene rings is 4. The normalized spacial score (nSPS) is 11.0. The highest BCUT2D eigenvalue weighted by atomic mass is 16.5. The molecule has 0 N–H and O–H groups in total. The predicted octanol–water partition coefficient (Wildman–Crippen LogP) is 7.08. The molecule has 0 radical (unpaired) electrons. The molecule has 0 spiro atoms. The van der Waals surface area contributed by atoms with Crippen LogP contribution in [0.1, 0.15) is 34.6 Å². The van der Waals surface area contributed by atoms with Crippen LogP contribution in [-0.4, -0.2) is 18.4 Å². The molecule has 0 bridgehead atoms. The van der Waals surface area contributed by atoms with Crippen LogP contribution in [-0.2, 0) is 0 Å². The average molecular weight is 438 g/mol. The van der Waals surface area contributed by atoms with Crippen LogP contribution >= 0.6 is 0 Å². The summed E-state index contributed by atoms with van der Waals surface area (Å²) >= 11 is 0. The van der Waals surface area contributed by atoms with Crippen LogP contribution in [0.25, 0.3) is 10.8 Å². The number of esters is 1. The third-order valence-corrected chi connectivity index (χ3v) is 5.01. The number of ether oxygens (including phenoxy) is 2. The van der Waals surface area contributed by atoms with Crippen LogP contribution in [0.3, 0.4) is 0 Å². The van der Waals surface area contributed by atoms with Crippen molar-refractivity contribution in [3.8, 4) is 11.5 Å². The second-order valence-corrected chi connectivity index (χ2v) is 7.28. The number of carbonyl (C=O) groups is 2. The van der Waals surface area contributed by atoms with Crippen LogP contribution in [0.2, 0.25) is 0 Å². The van der Waals surface area contributed by atoms with Gasteiger partial charge >= 0.3 is 5.97 Å². The first kappa shape index (κ1) is 21.9. The van der Waals surface area contributed by atoms with Crippen molar-refractivity contribution in [1.29, 1.82) is 0 Å². The maximum Gasteiger partial charge on any atom is 0.343 e. The maximum absolute atomic E-state index is 12.7. The van der Waals surface area contributed by atoms with Gasteiger partial charge in [0.15, 0.2) is 5.78 Å². The molecular formula is C27H22N2O4. The Labute approximate surface area is 191 Å². The maximum atomic E-state index is 12.7. The van der Waals surface area contributed by atoms with E-state index in [4.69, 9.17) is 9.47 Å². The van der Waals surface area contributed by atoms with E-state index in [9.17, 15) is 9.59 Å². The highest BCUT2D eigenvalue weighted by molar-refractivity contribution is 6.00. The zero-order valence-electron chi connectivity index (χ0n) is 18.3. The summed E-state index contributed by atoms with van der Waals surface area (Å²) in [6.45, 7) is 3.98. The van der Waals surface area contributed by atoms with Gasteiger partial charge < -0.3 is 9.47 Å². The number of fused-ring (bicyclic) bond motifs is 1. The molecule has 33 heavy (non-hydrogen) atoms. The Balaban J connectivity index is 1.58. The summed E-state index contributed by atoms with van der Waals surface area (Å²) in [6, 6.07) is 24.8. The van der Waals surface area contributed by atoms with Gasteiger partial charge in [-0.1, -0.05) is 24.3 Å². The lowest BCUT2D eigenvalue weighted by molar-refractivity contribution is 0.0737. The van der Waals surface area contributed by atoms with Gasteiger partial charge in [0.05, 0.1) is 23.5 Å². The van der Waals surface area contributed by atoms with E-state index in [1.165, 1.54) is 6.92 Å². The van der Waals surface area contributed by atoms with Gasteiger partial charge in [-0.15, -0.1) is 5.11 Å². The second kappa shape index (κ2) is 9.87. The first-order valence-corrected chi connectivity index (χ1v) is 10.5. The van der Waals surface area contributed by atoms with Crippen molar-refractivity contribution >= 4 is 33.9 Å². The predicted molar refractivity (Wildman–Crippen MR) is 127 cm³/mol. The minimum atomic E-state index is -0.455. The number of hydrogen-bond donors (Lipinski definition) is 0. The fourth-order valence-electron chi connectivity index (χ4n) is 3.32. The minimum Gasteiger partial charge on any atom is -0.494 e. The van der Waals surface area contributed by atoms with Gasteiger partial charge in [0.2, 0.25) is 0 Å². The molecule has 0 amide bonds. The van der Waals surface area contributed by atoms with Crippen LogP contribution in [0.5, 0.6) is 11.5 Å². The van der Waals surface area contributed by atoms with Crippen molar-refractivity contribution in [3.05, 3.63) is 96.1 Å². The molecule has 4 aromatic rings. The van der Waals surface area contributed by atoms with Crippen molar-refractivity contribution in [2.45, 2.75) is 13.8 Å². The van der Waals surface area contributed by atoms with E-state index in [0.717, 1.165) is 10.8 Å². The molecule has 0 atom stereocenters. The molecule has 0 aliphatic carbocycles. The molecule has 4 rings (SSSR count). The molecule has 0 heterocycles. The number of carbonyl (C=O) groups excluding carboxylic acids is 2. The van der Waals surface area contributed by atoms with E-state index in [1.807, 2.05) is 31.2 Å². The monoisotopic (exact) mass is 438 g/mol. The van der Waals surface area contributed by atoms with Gasteiger partial charge in [0.25, 0.3) is 0 Å². The van der Waals surface area contributed by atoms with Gasteiger partial charge in [-0.3, -0.25) is 4.79 Å². The SMILES string of the molecule is CCOc1ccc(C(=O)Oc2ccc(N=Nc3ccc(C(C)=O)cc3)c3ccccc23)cc1. The van der Waals surface area contributed by atoms with Crippen LogP contribution < -0.4 is 9.47 Å². The van der Waals surface area contributed by atoms with Crippen molar-refractivity contribution in [2.24, 2.45) is 10.2 Å². The summed E-state index contributed by atoms with van der Waals surface area (Å²) in [6.07, 6.45) is 0. The molecule has 0 aliphatic rings. The molecule has 6 heteroatoms. The number of hydrogen-bond acceptors (Lipinski definition) is 6. The van der Waals surface area contributed by atoms with Crippen LogP contribution in [0.15, 0.2) is 95.2 Å². The third-order valence-electron chi connectivity index (χ3n) is 5.01. The van der Waals surface area contributed by atoms with E-state index in [1.54, 1.807) is 60.7 Å². The zero-order chi connectivity index (χ0) is 23.2. The Hall–Kier alpha value is -4.32. The van der Waals surface area contributed by atoms with Gasteiger partial charge in [0.1, 0.15) is 11.5 Å². The standard InChI is InChI=1S/C27H22N2O4/c1-3-32-22-14-10-20(11-15-22)27(31)33-26-17-16-25(23-6-4-5-7-24(23)26)29-28-21-12-8-19(9-13-21)18(2)30/h4-17H,3H2,1-2H3. The lowest BCUT2D eigenvalue weighted by Gasteiger charge is -2.10. The molecular weight excluding hydrogens is 416 g/mol. The van der Waals surface area contributed by atoms with Crippen molar-refractivity contribution in [1.82, 2.24) is 0 Å². The highest BCUT2D eigenvalue weighted by Gasteiger charge is 2.13. The molecule has 0 saturated heterocycles. The van der Waals surface area contributed by atoms with Crippen molar-refractivity contribution < 1.29 is 19.1 Å². The van der Waals surface area contributed by atoms with Gasteiger partial charge in [-0.2, -0.15) is 5.11 Å². The van der Waals surface area contributed by atoms with E-state index < -0.39 is 5.97 Å². The number of Topliss-reactive ketones (excluding diaryl/α,β-unsaturated/α-hetero) is 1. The van der Waals surface area contributed by atoms with Crippen molar-refractivity contribution in [2.75, 3.05) is 6.61 Å². The van der Waals surface area contributed by atoms with E-state index >= 15 is 0 Å². The molecule has 0 aliphatic heterocycles. The Morgan fingerprint density at radius 1 is 0.758 bits per heavy atom. The fourth-order valence-corrected chi connectivity index (χ4v) is 3.32. The third kappa shape index (κ3) is 5.13. The smallest absolute Gasteiger partial charge is 0.343 e. The summed E-state index contributed by atoms with van der Waals surface area (Å²) in [7, 11) is 0. The van der Waals surface area contributed by atoms with E-state index in [0.29, 0.717) is 40.6 Å². The summed E-state index contributed by atoms with van der Waals surface area (Å²) in [5.74, 6) is 0.683. The molecule has 0 unspecified atom stereocenters. The fraction of sp³-hybridized carbons (Fsp3) is 0.111. The number of ketones is 1. The highest BCUT2D eigenvalue weighted by Crippen LogP contribution is 2.34. The lowest BCUT2D eigenvalue weighted by atomic mass is 10.1. The van der Waals surface area contributed by atoms with E-state index in [-0.39, 0.29) is 5.78 Å². The summed E-state index contributed by atoms with van der Waals surface area (Å²) in [5.41, 5.74) is 2.33. The van der Waals surface area contributed by atoms with Gasteiger partial charge in [-0.25, -0.2) is 4.79 Å². The molecule has 6 nitrogen and oxygen atoms in total. The second-order valence-electron chi connectivity index (χ2n) is 7.28. The van der Waals surface area contributed by atoms with Gasteiger partial charge in [-0.05, 0) is 74.5 Å². The quantitative estimate of drug-likeness (QED) is 0.134. The summed E-state index contributed by atoms with van der Waals surface area (Å²) < 4.78 is 11.1. The molecule has 0 saturated carbocycles. The zero-order valence-corrected chi connectivity index (χ0v) is 18.3. The molecule has 0 fully saturated rings. The van der Waals surface area contributed by atoms with Gasteiger partial charge in [0, 0.05) is 16.3 Å². The van der Waals surface area contributed by atoms with Crippen LogP contribution in [0, 0.1) is 0 Å². The lowest BCUT2D eigenvalue weighted by Crippen LogP contribution is -2.08. The minimum absolute atomic E-state index is 0.000135. The molecule has 164 valence electrons. The summed E-state index contributed by atoms with van der Waals surface area (Å²) in [5, 5.41) is 10.2. The topological polar surface area (TPSA) is 77.3 Å². The number of nitrogens with zero attached hydrogens (tertiary/aromatic N) is 2. The summed E-state index contributed by atoms with van der Waals surface area (Å²) in [4.78, 5) is 24.1. The molecule has 0 aromatic heterocycles. The first-order chi connectivity index (χ1) is 16.0. The number of rotatable bonds is 7. The Bertz CT molecular complexity index is 1330. The van der Waals surface area contributed by atoms with Crippen molar-refractivity contribution in [3.63, 3.8) is 0 Å². The van der Waals surface area contributed by atoms with Crippen LogP contribution in [0.4, 0.5) is 11.4 Å². The Morgan fingerprint density at radius 3 is 2.09 bits per heavy atom. The molecule has 4 aromatic carbocycles. The Kier molecular flexibility index (Phi) is 6.55. The first-order valence-electron chi connectivity index (χ1n) is 10.5. The number of azo groups is 1. The largest absolute Gasteiger partial charge is 0.494 e.